The molecule has 5 heterocycles. The van der Waals surface area contributed by atoms with Crippen LogP contribution in [0.2, 0.25) is 0 Å². The average Bonchev–Trinajstić information content (AvgIpc) is 1.13. The Bertz CT molecular complexity index is 4460. The second-order valence-electron chi connectivity index (χ2n) is 24.5. The molecule has 0 saturated heterocycles. The van der Waals surface area contributed by atoms with E-state index in [4.69, 9.17) is 4.74 Å². The molecule has 392 valence electrons. The third-order valence-electron chi connectivity index (χ3n) is 17.5. The van der Waals surface area contributed by atoms with Gasteiger partial charge in [-0.25, -0.2) is 0 Å². The maximum Gasteiger partial charge on any atom is 0.256 e. The van der Waals surface area contributed by atoms with E-state index in [1.807, 2.05) is 11.8 Å². The van der Waals surface area contributed by atoms with Gasteiger partial charge in [-0.3, -0.25) is 0 Å². The van der Waals surface area contributed by atoms with Crippen LogP contribution in [0.3, 0.4) is 0 Å². The number of nitrogens with zero attached hydrogens (tertiary/aromatic N) is 4. The molecule has 0 bridgehead atoms. The number of rotatable bonds is 6. The first-order valence-corrected chi connectivity index (χ1v) is 29.5. The third-order valence-corrected chi connectivity index (χ3v) is 18.7. The molecule has 0 radical (unpaired) electrons. The molecular formula is C74H58B2N4OS. The van der Waals surface area contributed by atoms with E-state index in [2.05, 4.69) is 303 Å². The van der Waals surface area contributed by atoms with Gasteiger partial charge in [0.05, 0.1) is 16.7 Å². The number of fused-ring (bicyclic) bond motifs is 11. The summed E-state index contributed by atoms with van der Waals surface area (Å²) in [6, 6.07) is 90.3. The summed E-state index contributed by atoms with van der Waals surface area (Å²) >= 11 is 1.89. The largest absolute Gasteiger partial charge is 0.458 e. The van der Waals surface area contributed by atoms with Crippen molar-refractivity contribution >= 4 is 131 Å². The van der Waals surface area contributed by atoms with Gasteiger partial charge in [0.1, 0.15) is 11.5 Å². The minimum absolute atomic E-state index is 0.0382. The maximum absolute atomic E-state index is 7.57. The van der Waals surface area contributed by atoms with Crippen LogP contribution >= 0.6 is 11.8 Å². The summed E-state index contributed by atoms with van der Waals surface area (Å²) in [5, 5.41) is 2.52. The van der Waals surface area contributed by atoms with E-state index in [1.54, 1.807) is 0 Å². The van der Waals surface area contributed by atoms with Gasteiger partial charge in [0, 0.05) is 77.8 Å². The van der Waals surface area contributed by atoms with E-state index < -0.39 is 0 Å². The van der Waals surface area contributed by atoms with Gasteiger partial charge >= 0.3 is 0 Å². The van der Waals surface area contributed by atoms with Gasteiger partial charge < -0.3 is 24.0 Å². The van der Waals surface area contributed by atoms with Crippen molar-refractivity contribution in [3.05, 3.63) is 254 Å². The van der Waals surface area contributed by atoms with Gasteiger partial charge in [-0.2, -0.15) is 0 Å². The predicted molar refractivity (Wildman–Crippen MR) is 349 cm³/mol. The molecule has 0 unspecified atom stereocenters. The van der Waals surface area contributed by atoms with Gasteiger partial charge in [-0.1, -0.05) is 198 Å². The lowest BCUT2D eigenvalue weighted by molar-refractivity contribution is 0.486. The topological polar surface area (TPSA) is 23.9 Å². The third kappa shape index (κ3) is 7.50. The first-order chi connectivity index (χ1) is 39.9. The van der Waals surface area contributed by atoms with Crippen molar-refractivity contribution in [3.8, 4) is 17.2 Å². The summed E-state index contributed by atoms with van der Waals surface area (Å²) < 4.78 is 10.1. The molecule has 12 aromatic rings. The minimum Gasteiger partial charge on any atom is -0.458 e. The number of hydrogen-bond donors (Lipinski definition) is 0. The molecule has 11 aromatic carbocycles. The Morgan fingerprint density at radius 3 is 1.39 bits per heavy atom. The lowest BCUT2D eigenvalue weighted by Crippen LogP contribution is -2.63. The number of ether oxygens (including phenoxy) is 1. The molecule has 0 aliphatic carbocycles. The zero-order valence-corrected chi connectivity index (χ0v) is 47.7. The van der Waals surface area contributed by atoms with Gasteiger partial charge in [0.2, 0.25) is 6.71 Å². The average molecular weight is 1070 g/mol. The van der Waals surface area contributed by atoms with Crippen LogP contribution in [0.4, 0.5) is 51.2 Å². The number of anilines is 9. The summed E-state index contributed by atoms with van der Waals surface area (Å²) in [7, 11) is 0. The van der Waals surface area contributed by atoms with Crippen molar-refractivity contribution < 1.29 is 4.74 Å². The van der Waals surface area contributed by atoms with Crippen molar-refractivity contribution in [1.29, 1.82) is 0 Å². The smallest absolute Gasteiger partial charge is 0.256 e. The first-order valence-electron chi connectivity index (χ1n) is 28.7. The van der Waals surface area contributed by atoms with Crippen LogP contribution in [0, 0.1) is 0 Å². The minimum atomic E-state index is -0.106. The zero-order chi connectivity index (χ0) is 55.2. The van der Waals surface area contributed by atoms with Crippen LogP contribution < -0.4 is 52.2 Å². The molecule has 4 aliphatic heterocycles. The summed E-state index contributed by atoms with van der Waals surface area (Å²) in [4.78, 5) is 9.79. The molecule has 16 rings (SSSR count). The van der Waals surface area contributed by atoms with E-state index >= 15 is 0 Å². The van der Waals surface area contributed by atoms with Gasteiger partial charge in [-0.05, 0) is 146 Å². The van der Waals surface area contributed by atoms with E-state index in [0.29, 0.717) is 0 Å². The summed E-state index contributed by atoms with van der Waals surface area (Å²) in [5.74, 6) is 1.75. The fraction of sp³-hybridized carbons (Fsp3) is 0.108. The highest BCUT2D eigenvalue weighted by molar-refractivity contribution is 8.00. The van der Waals surface area contributed by atoms with Crippen molar-refractivity contribution in [1.82, 2.24) is 4.57 Å². The lowest BCUT2D eigenvalue weighted by Gasteiger charge is -2.43. The standard InChI is InChI=1S/C74H58B2N4OS/c1-73(2,3)47-35-37-55-56-38-36-48(74(4,5)6)40-64(56)80(63(55)39-47)54-42-66-72-70(44-54)82-69-46-67-59(45-60(69)76(72)58-32-20-22-34-62(58)79(66)52-29-17-10-18-30-52)75-57-31-19-21-33-61(57)78(51-27-15-9-16-28-51)65-41-53(43-68(81-67)71(65)75)77(49-23-11-7-12-24-49)50-25-13-8-14-26-50/h7-46H,1-6H3. The molecule has 0 atom stereocenters. The number of hydrogen-bond acceptors (Lipinski definition) is 5. The summed E-state index contributed by atoms with van der Waals surface area (Å²) in [6.07, 6.45) is 0. The van der Waals surface area contributed by atoms with Gasteiger partial charge in [0.15, 0.2) is 0 Å². The van der Waals surface area contributed by atoms with Crippen LogP contribution in [0.15, 0.2) is 252 Å². The van der Waals surface area contributed by atoms with Gasteiger partial charge in [0.25, 0.3) is 6.71 Å². The molecule has 0 spiro atoms. The number of aromatic nitrogens is 1. The molecule has 0 fully saturated rings. The highest BCUT2D eigenvalue weighted by Crippen LogP contribution is 2.49. The fourth-order valence-corrected chi connectivity index (χ4v) is 14.9. The second-order valence-corrected chi connectivity index (χ2v) is 25.6. The number of benzene rings is 11. The van der Waals surface area contributed by atoms with Crippen molar-refractivity contribution in [3.63, 3.8) is 0 Å². The molecule has 82 heavy (non-hydrogen) atoms. The van der Waals surface area contributed by atoms with Crippen LogP contribution in [-0.4, -0.2) is 18.0 Å². The molecule has 0 amide bonds. The first kappa shape index (κ1) is 48.8. The molecule has 0 saturated carbocycles. The molecule has 1 aromatic heterocycles. The van der Waals surface area contributed by atoms with Crippen molar-refractivity contribution in [2.45, 2.75) is 62.2 Å². The highest BCUT2D eigenvalue weighted by Gasteiger charge is 2.46. The Morgan fingerprint density at radius 1 is 0.366 bits per heavy atom. The normalized spacial score (nSPS) is 13.7. The SMILES string of the molecule is CC(C)(C)c1ccc2c3ccc(C(C)(C)C)cc3n(-c3cc4c5c(c3)N(c3ccccc3)c3ccccc3B5c3cc5c(cc3S4)Oc3cc(N(c4ccccc4)c4ccccc4)cc4c3B5c3ccccc3N4c3ccccc3)c2c1. The van der Waals surface area contributed by atoms with Crippen molar-refractivity contribution in [2.24, 2.45) is 0 Å². The lowest BCUT2D eigenvalue weighted by atomic mass is 9.31. The molecule has 5 nitrogen and oxygen atoms in total. The highest BCUT2D eigenvalue weighted by atomic mass is 32.2. The maximum atomic E-state index is 7.57. The zero-order valence-electron chi connectivity index (χ0n) is 46.9. The summed E-state index contributed by atoms with van der Waals surface area (Å²) in [5.41, 5.74) is 23.7. The monoisotopic (exact) mass is 1070 g/mol. The van der Waals surface area contributed by atoms with Crippen LogP contribution in [0.25, 0.3) is 27.5 Å². The van der Waals surface area contributed by atoms with Crippen LogP contribution in [-0.2, 0) is 10.8 Å². The van der Waals surface area contributed by atoms with E-state index in [1.165, 1.54) is 86.9 Å². The van der Waals surface area contributed by atoms with Crippen LogP contribution in [0.5, 0.6) is 11.5 Å². The second kappa shape index (κ2) is 18.2. The predicted octanol–water partition coefficient (Wildman–Crippen LogP) is 16.0. The Morgan fingerprint density at radius 2 is 0.854 bits per heavy atom. The Balaban J connectivity index is 0.946. The molecule has 0 N–H and O–H groups in total. The summed E-state index contributed by atoms with van der Waals surface area (Å²) in [6.45, 7) is 13.8. The Kier molecular flexibility index (Phi) is 10.8. The molecule has 4 aliphatic rings. The van der Waals surface area contributed by atoms with Gasteiger partial charge in [-0.15, -0.1) is 0 Å². The van der Waals surface area contributed by atoms with Crippen molar-refractivity contribution in [2.75, 3.05) is 14.7 Å². The number of para-hydroxylation sites is 6. The van der Waals surface area contributed by atoms with E-state index in [9.17, 15) is 0 Å². The fourth-order valence-electron chi connectivity index (χ4n) is 13.7. The molecular weight excluding hydrogens is 1010 g/mol. The van der Waals surface area contributed by atoms with E-state index in [-0.39, 0.29) is 24.3 Å². The Labute approximate surface area is 485 Å². The van der Waals surface area contributed by atoms with Crippen LogP contribution in [0.1, 0.15) is 52.7 Å². The van der Waals surface area contributed by atoms with E-state index in [0.717, 1.165) is 57.0 Å². The quantitative estimate of drug-likeness (QED) is 0.155. The Hall–Kier alpha value is -9.10. The molecule has 8 heteroatoms.